The Kier molecular flexibility index (Phi) is 6.58. The van der Waals surface area contributed by atoms with Gasteiger partial charge in [-0.15, -0.1) is 0 Å². The molecule has 2 aliphatic rings. The molecule has 0 saturated carbocycles. The van der Waals surface area contributed by atoms with Gasteiger partial charge in [-0.1, -0.05) is 27.7 Å². The van der Waals surface area contributed by atoms with Crippen molar-refractivity contribution in [1.82, 2.24) is 14.7 Å². The largest absolute Gasteiger partial charge is 0.341 e. The molecule has 2 aliphatic heterocycles. The highest BCUT2D eigenvalue weighted by Gasteiger charge is 2.36. The molecule has 2 heterocycles. The number of imide groups is 1. The maximum absolute atomic E-state index is 13.1. The first-order valence-corrected chi connectivity index (χ1v) is 10.8. The Morgan fingerprint density at radius 2 is 1.50 bits per heavy atom. The average Bonchev–Trinajstić information content (AvgIpc) is 2.86. The summed E-state index contributed by atoms with van der Waals surface area (Å²) in [4.78, 5) is 55.5. The van der Waals surface area contributed by atoms with Gasteiger partial charge in [0.1, 0.15) is 0 Å². The molecule has 7 heteroatoms. The average molecular weight is 414 g/mol. The van der Waals surface area contributed by atoms with Gasteiger partial charge in [0.05, 0.1) is 11.1 Å². The van der Waals surface area contributed by atoms with Crippen molar-refractivity contribution in [1.29, 1.82) is 0 Å². The van der Waals surface area contributed by atoms with E-state index in [4.69, 9.17) is 0 Å². The first-order chi connectivity index (χ1) is 14.2. The Balaban J connectivity index is 1.72. The molecule has 0 bridgehead atoms. The molecule has 30 heavy (non-hydrogen) atoms. The number of carbonyl (C=O) groups is 4. The number of hydrogen-bond donors (Lipinski definition) is 0. The fourth-order valence-electron chi connectivity index (χ4n) is 3.99. The summed E-state index contributed by atoms with van der Waals surface area (Å²) in [5.41, 5.74) is 1.07. The number of carbonyl (C=O) groups excluding carboxylic acids is 4. The molecule has 1 aromatic rings. The number of rotatable bonds is 5. The summed E-state index contributed by atoms with van der Waals surface area (Å²) < 4.78 is 0. The van der Waals surface area contributed by atoms with Gasteiger partial charge < -0.3 is 9.80 Å². The Labute approximate surface area is 178 Å². The molecule has 0 aliphatic carbocycles. The van der Waals surface area contributed by atoms with Crippen LogP contribution in [0.3, 0.4) is 0 Å². The van der Waals surface area contributed by atoms with Crippen molar-refractivity contribution in [2.75, 3.05) is 32.7 Å². The predicted molar refractivity (Wildman–Crippen MR) is 113 cm³/mol. The van der Waals surface area contributed by atoms with Gasteiger partial charge in [-0.05, 0) is 36.5 Å². The summed E-state index contributed by atoms with van der Waals surface area (Å²) in [5, 5.41) is 0. The van der Waals surface area contributed by atoms with E-state index in [1.807, 2.05) is 32.6 Å². The van der Waals surface area contributed by atoms with Crippen LogP contribution >= 0.6 is 0 Å². The van der Waals surface area contributed by atoms with E-state index in [9.17, 15) is 19.2 Å². The minimum atomic E-state index is -0.334. The van der Waals surface area contributed by atoms with Crippen LogP contribution in [0.1, 0.15) is 71.6 Å². The molecule has 3 rings (SSSR count). The van der Waals surface area contributed by atoms with Crippen molar-refractivity contribution in [3.8, 4) is 0 Å². The van der Waals surface area contributed by atoms with E-state index in [0.717, 1.165) is 6.42 Å². The lowest BCUT2D eigenvalue weighted by molar-refractivity contribution is -0.131. The van der Waals surface area contributed by atoms with E-state index < -0.39 is 0 Å². The van der Waals surface area contributed by atoms with Crippen LogP contribution in [0.15, 0.2) is 18.2 Å². The van der Waals surface area contributed by atoms with Crippen LogP contribution < -0.4 is 0 Å². The van der Waals surface area contributed by atoms with Crippen LogP contribution in [0.25, 0.3) is 0 Å². The van der Waals surface area contributed by atoms with Crippen molar-refractivity contribution >= 4 is 23.6 Å². The molecule has 0 N–H and O–H groups in total. The summed E-state index contributed by atoms with van der Waals surface area (Å²) in [7, 11) is 0. The quantitative estimate of drug-likeness (QED) is 0.696. The normalized spacial score (nSPS) is 17.1. The highest BCUT2D eigenvalue weighted by Crippen LogP contribution is 2.25. The van der Waals surface area contributed by atoms with E-state index in [-0.39, 0.29) is 29.5 Å². The second-order valence-corrected chi connectivity index (χ2v) is 9.00. The first kappa shape index (κ1) is 22.0. The highest BCUT2D eigenvalue weighted by atomic mass is 16.2. The molecule has 0 spiro atoms. The van der Waals surface area contributed by atoms with E-state index in [1.54, 1.807) is 23.1 Å². The molecule has 1 saturated heterocycles. The van der Waals surface area contributed by atoms with E-state index >= 15 is 0 Å². The third-order valence-corrected chi connectivity index (χ3v) is 5.48. The third-order valence-electron chi connectivity index (χ3n) is 5.48. The highest BCUT2D eigenvalue weighted by molar-refractivity contribution is 6.22. The van der Waals surface area contributed by atoms with Crippen LogP contribution in [-0.2, 0) is 4.79 Å². The van der Waals surface area contributed by atoms with Crippen LogP contribution in [0.5, 0.6) is 0 Å². The summed E-state index contributed by atoms with van der Waals surface area (Å²) >= 11 is 0. The fraction of sp³-hybridized carbons (Fsp3) is 0.565. The van der Waals surface area contributed by atoms with Gasteiger partial charge in [-0.2, -0.15) is 0 Å². The van der Waals surface area contributed by atoms with Crippen molar-refractivity contribution in [3.63, 3.8) is 0 Å². The van der Waals surface area contributed by atoms with Crippen LogP contribution in [-0.4, -0.2) is 71.1 Å². The predicted octanol–water partition coefficient (Wildman–Crippen LogP) is 2.66. The van der Waals surface area contributed by atoms with Gasteiger partial charge in [-0.25, -0.2) is 0 Å². The zero-order valence-corrected chi connectivity index (χ0v) is 18.3. The monoisotopic (exact) mass is 413 g/mol. The first-order valence-electron chi connectivity index (χ1n) is 10.8. The molecule has 4 amide bonds. The molecule has 1 aromatic carbocycles. The van der Waals surface area contributed by atoms with E-state index in [1.165, 1.54) is 4.90 Å². The maximum Gasteiger partial charge on any atom is 0.261 e. The Morgan fingerprint density at radius 1 is 0.867 bits per heavy atom. The van der Waals surface area contributed by atoms with Gasteiger partial charge in [0.15, 0.2) is 0 Å². The molecular formula is C23H31N3O4. The molecule has 162 valence electrons. The Morgan fingerprint density at radius 3 is 2.17 bits per heavy atom. The third kappa shape index (κ3) is 4.55. The molecule has 1 fully saturated rings. The summed E-state index contributed by atoms with van der Waals surface area (Å²) in [6, 6.07) is 4.75. The molecule has 0 unspecified atom stereocenters. The Bertz CT molecular complexity index is 862. The van der Waals surface area contributed by atoms with Crippen molar-refractivity contribution in [3.05, 3.63) is 34.9 Å². The smallest absolute Gasteiger partial charge is 0.261 e. The number of fused-ring (bicyclic) bond motifs is 1. The van der Waals surface area contributed by atoms with E-state index in [0.29, 0.717) is 61.8 Å². The molecule has 0 radical (unpaired) electrons. The van der Waals surface area contributed by atoms with Gasteiger partial charge in [0, 0.05) is 44.7 Å². The molecule has 7 nitrogen and oxygen atoms in total. The molecule has 0 aromatic heterocycles. The standard InChI is InChI=1S/C23H31N3O4/c1-15(2)12-20(27)24-8-5-9-25(11-10-24)21(28)17-6-7-18-19(13-17)23(30)26(22(18)29)14-16(3)4/h6-7,13,15-16H,5,8-12,14H2,1-4H3. The number of benzene rings is 1. The van der Waals surface area contributed by atoms with Gasteiger partial charge >= 0.3 is 0 Å². The van der Waals surface area contributed by atoms with Crippen molar-refractivity contribution < 1.29 is 19.2 Å². The number of nitrogens with zero attached hydrogens (tertiary/aromatic N) is 3. The number of amides is 4. The second-order valence-electron chi connectivity index (χ2n) is 9.00. The lowest BCUT2D eigenvalue weighted by Crippen LogP contribution is -2.37. The van der Waals surface area contributed by atoms with E-state index in [2.05, 4.69) is 0 Å². The maximum atomic E-state index is 13.1. The zero-order valence-electron chi connectivity index (χ0n) is 18.3. The second kappa shape index (κ2) is 8.98. The van der Waals surface area contributed by atoms with Crippen LogP contribution in [0.2, 0.25) is 0 Å². The lowest BCUT2D eigenvalue weighted by Gasteiger charge is -2.23. The zero-order chi connectivity index (χ0) is 22.0. The van der Waals surface area contributed by atoms with Crippen LogP contribution in [0.4, 0.5) is 0 Å². The SMILES string of the molecule is CC(C)CC(=O)N1CCCN(C(=O)c2ccc3c(c2)C(=O)N(CC(C)C)C3=O)CC1. The summed E-state index contributed by atoms with van der Waals surface area (Å²) in [5.74, 6) is -0.187. The van der Waals surface area contributed by atoms with Crippen molar-refractivity contribution in [2.45, 2.75) is 40.5 Å². The fourth-order valence-corrected chi connectivity index (χ4v) is 3.99. The molecular weight excluding hydrogens is 382 g/mol. The number of hydrogen-bond acceptors (Lipinski definition) is 4. The van der Waals surface area contributed by atoms with Gasteiger partial charge in [0.2, 0.25) is 5.91 Å². The molecule has 0 atom stereocenters. The minimum absolute atomic E-state index is 0.131. The van der Waals surface area contributed by atoms with Gasteiger partial charge in [0.25, 0.3) is 17.7 Å². The van der Waals surface area contributed by atoms with Crippen molar-refractivity contribution in [2.24, 2.45) is 11.8 Å². The minimum Gasteiger partial charge on any atom is -0.341 e. The van der Waals surface area contributed by atoms with Crippen LogP contribution in [0, 0.1) is 11.8 Å². The lowest BCUT2D eigenvalue weighted by atomic mass is 10.0. The topological polar surface area (TPSA) is 78.0 Å². The summed E-state index contributed by atoms with van der Waals surface area (Å²) in [6.45, 7) is 10.5. The Hall–Kier alpha value is -2.70. The van der Waals surface area contributed by atoms with Gasteiger partial charge in [-0.3, -0.25) is 24.1 Å². The summed E-state index contributed by atoms with van der Waals surface area (Å²) in [6.07, 6.45) is 1.24.